The lowest BCUT2D eigenvalue weighted by atomic mass is 9.86. The maximum atomic E-state index is 12.9. The summed E-state index contributed by atoms with van der Waals surface area (Å²) in [6.07, 6.45) is 11.3. The van der Waals surface area contributed by atoms with Crippen LogP contribution in [0.2, 0.25) is 0 Å². The highest BCUT2D eigenvalue weighted by Gasteiger charge is 2.48. The molecular weight excluding hydrogens is 502 g/mol. The Hall–Kier alpha value is -4.66. The zero-order valence-corrected chi connectivity index (χ0v) is 23.0. The highest BCUT2D eigenvalue weighted by Crippen LogP contribution is 2.53. The molecule has 6 rings (SSSR count). The zero-order valence-electron chi connectivity index (χ0n) is 23.0. The van der Waals surface area contributed by atoms with Crippen LogP contribution in [0.5, 0.6) is 0 Å². The van der Waals surface area contributed by atoms with Crippen LogP contribution in [0.4, 0.5) is 0 Å². The van der Waals surface area contributed by atoms with E-state index in [2.05, 4.69) is 59.2 Å². The molecule has 40 heavy (non-hydrogen) atoms. The average Bonchev–Trinajstić information content (AvgIpc) is 3.66. The van der Waals surface area contributed by atoms with E-state index in [1.165, 1.54) is 5.56 Å². The molecule has 4 heterocycles. The van der Waals surface area contributed by atoms with E-state index in [1.54, 1.807) is 25.5 Å². The maximum absolute atomic E-state index is 12.9. The number of fused-ring (bicyclic) bond motifs is 2. The van der Waals surface area contributed by atoms with E-state index in [9.17, 15) is 9.59 Å². The lowest BCUT2D eigenvalue weighted by Gasteiger charge is -2.29. The number of nitrogens with one attached hydrogen (secondary N) is 2. The van der Waals surface area contributed by atoms with E-state index in [0.29, 0.717) is 5.78 Å². The Balaban J connectivity index is 1.29. The Morgan fingerprint density at radius 2 is 1.73 bits per heavy atom. The van der Waals surface area contributed by atoms with Crippen molar-refractivity contribution in [3.8, 4) is 11.1 Å². The van der Waals surface area contributed by atoms with Crippen molar-refractivity contribution in [2.75, 3.05) is 7.05 Å². The van der Waals surface area contributed by atoms with Crippen LogP contribution in [0, 0.1) is 5.41 Å². The van der Waals surface area contributed by atoms with Gasteiger partial charge in [0.25, 0.3) is 5.91 Å². The number of imidazole rings is 1. The number of carbonyl (C=O) groups is 2. The number of aromatic nitrogens is 5. The Morgan fingerprint density at radius 1 is 0.950 bits per heavy atom. The first-order valence-corrected chi connectivity index (χ1v) is 13.4. The third-order valence-corrected chi connectivity index (χ3v) is 7.74. The number of carbonyl (C=O) groups excluding carboxylic acids is 2. The molecule has 0 aliphatic heterocycles. The first kappa shape index (κ1) is 25.6. The quantitative estimate of drug-likeness (QED) is 0.336. The molecular formula is C31H31N7O2. The maximum Gasteiger partial charge on any atom is 0.270 e. The first-order valence-electron chi connectivity index (χ1n) is 13.4. The number of benzene rings is 1. The Morgan fingerprint density at radius 3 is 2.42 bits per heavy atom. The molecule has 0 radical (unpaired) electrons. The van der Waals surface area contributed by atoms with Gasteiger partial charge in [-0.2, -0.15) is 0 Å². The topological polar surface area (TPSA) is 114 Å². The fourth-order valence-electron chi connectivity index (χ4n) is 5.29. The van der Waals surface area contributed by atoms with Crippen molar-refractivity contribution < 1.29 is 9.59 Å². The fraction of sp³-hybridized carbons (Fsp3) is 0.290. The average molecular weight is 534 g/mol. The van der Waals surface area contributed by atoms with Gasteiger partial charge in [0, 0.05) is 53.8 Å². The summed E-state index contributed by atoms with van der Waals surface area (Å²) in [6.45, 7) is 5.71. The molecule has 1 unspecified atom stereocenters. The molecule has 0 spiro atoms. The van der Waals surface area contributed by atoms with Crippen molar-refractivity contribution >= 4 is 28.5 Å². The van der Waals surface area contributed by atoms with Crippen LogP contribution < -0.4 is 10.6 Å². The van der Waals surface area contributed by atoms with Gasteiger partial charge in [0.05, 0.1) is 17.4 Å². The van der Waals surface area contributed by atoms with Gasteiger partial charge in [-0.1, -0.05) is 39.0 Å². The largest absolute Gasteiger partial charge is 0.357 e. The van der Waals surface area contributed by atoms with E-state index in [1.807, 2.05) is 51.5 Å². The summed E-state index contributed by atoms with van der Waals surface area (Å²) < 4.78 is 2.06. The zero-order chi connectivity index (χ0) is 28.1. The molecule has 9 heteroatoms. The molecule has 202 valence electrons. The summed E-state index contributed by atoms with van der Waals surface area (Å²) >= 11 is 0. The minimum absolute atomic E-state index is 0.113. The summed E-state index contributed by atoms with van der Waals surface area (Å²) in [4.78, 5) is 43.3. The monoisotopic (exact) mass is 533 g/mol. The minimum Gasteiger partial charge on any atom is -0.357 e. The van der Waals surface area contributed by atoms with E-state index >= 15 is 0 Å². The number of hydrogen-bond donors (Lipinski definition) is 2. The number of rotatable bonds is 6. The van der Waals surface area contributed by atoms with Crippen molar-refractivity contribution in [1.29, 1.82) is 0 Å². The van der Waals surface area contributed by atoms with Crippen molar-refractivity contribution in [2.24, 2.45) is 5.41 Å². The van der Waals surface area contributed by atoms with Crippen molar-refractivity contribution in [1.82, 2.24) is 35.0 Å². The summed E-state index contributed by atoms with van der Waals surface area (Å²) in [5.41, 5.74) is 4.70. The normalized spacial score (nSPS) is 15.1. The van der Waals surface area contributed by atoms with Gasteiger partial charge in [-0.15, -0.1) is 0 Å². The van der Waals surface area contributed by atoms with Gasteiger partial charge in [0.15, 0.2) is 0 Å². The summed E-state index contributed by atoms with van der Waals surface area (Å²) in [5.74, 6) is -0.0116. The van der Waals surface area contributed by atoms with Gasteiger partial charge in [0.2, 0.25) is 11.7 Å². The van der Waals surface area contributed by atoms with E-state index in [-0.39, 0.29) is 17.0 Å². The highest BCUT2D eigenvalue weighted by molar-refractivity contribution is 5.96. The second-order valence-electron chi connectivity index (χ2n) is 11.5. The molecule has 1 fully saturated rings. The van der Waals surface area contributed by atoms with Gasteiger partial charge < -0.3 is 10.6 Å². The lowest BCUT2D eigenvalue weighted by molar-refractivity contribution is -0.124. The molecule has 0 bridgehead atoms. The molecule has 1 aromatic carbocycles. The number of nitrogens with zero attached hydrogens (tertiary/aromatic N) is 5. The summed E-state index contributed by atoms with van der Waals surface area (Å²) in [7, 11) is 1.56. The standard InChI is InChI=1S/C31H31N7O2/c1-30(2,3)26(28(40)32-4)37-27(39)24-9-7-20(15-34-24)21-16-35-29-36-17-25(38(29)18-21)31(11-12-31)22-8-10-23-19(14-22)6-5-13-33-23/h5-10,13-18,26H,11-12H2,1-4H3,(H,32,40)(H,37,39). The molecule has 1 atom stereocenters. The second kappa shape index (κ2) is 9.51. The van der Waals surface area contributed by atoms with Gasteiger partial charge in [-0.25, -0.2) is 9.97 Å². The van der Waals surface area contributed by atoms with Gasteiger partial charge in [-0.05, 0) is 48.1 Å². The minimum atomic E-state index is -0.689. The molecule has 1 aliphatic rings. The third-order valence-electron chi connectivity index (χ3n) is 7.74. The van der Waals surface area contributed by atoms with E-state index in [0.717, 1.165) is 40.6 Å². The van der Waals surface area contributed by atoms with Crippen LogP contribution in [0.3, 0.4) is 0 Å². The first-order chi connectivity index (χ1) is 19.2. The highest BCUT2D eigenvalue weighted by atomic mass is 16.2. The molecule has 4 aromatic heterocycles. The van der Waals surface area contributed by atoms with Crippen LogP contribution in [0.1, 0.15) is 55.4 Å². The summed E-state index contributed by atoms with van der Waals surface area (Å²) in [6, 6.07) is 13.4. The van der Waals surface area contributed by atoms with Crippen molar-refractivity contribution in [3.05, 3.63) is 90.4 Å². The van der Waals surface area contributed by atoms with Crippen LogP contribution >= 0.6 is 0 Å². The van der Waals surface area contributed by atoms with Crippen LogP contribution in [0.15, 0.2) is 73.4 Å². The van der Waals surface area contributed by atoms with E-state index < -0.39 is 17.4 Å². The molecule has 9 nitrogen and oxygen atoms in total. The smallest absolute Gasteiger partial charge is 0.270 e. The number of likely N-dealkylation sites (N-methyl/N-ethyl adjacent to an activating group) is 1. The molecule has 2 amide bonds. The SMILES string of the molecule is CNC(=O)C(NC(=O)c1ccc(-c2cnc3ncc(C4(c5ccc6ncccc6c5)CC4)n3c2)cn1)C(C)(C)C. The fourth-order valence-corrected chi connectivity index (χ4v) is 5.29. The molecule has 1 aliphatic carbocycles. The van der Waals surface area contributed by atoms with Crippen molar-refractivity contribution in [3.63, 3.8) is 0 Å². The van der Waals surface area contributed by atoms with Gasteiger partial charge in [-0.3, -0.25) is 24.0 Å². The molecule has 5 aromatic rings. The Bertz CT molecular complexity index is 1750. The van der Waals surface area contributed by atoms with Gasteiger partial charge >= 0.3 is 0 Å². The number of amides is 2. The number of hydrogen-bond acceptors (Lipinski definition) is 6. The molecule has 1 saturated carbocycles. The van der Waals surface area contributed by atoms with Crippen LogP contribution in [-0.4, -0.2) is 49.2 Å². The third kappa shape index (κ3) is 4.47. The molecule has 2 N–H and O–H groups in total. The number of pyridine rings is 2. The van der Waals surface area contributed by atoms with Crippen molar-refractivity contribution in [2.45, 2.75) is 45.1 Å². The van der Waals surface area contributed by atoms with Crippen LogP contribution in [-0.2, 0) is 10.2 Å². The lowest BCUT2D eigenvalue weighted by Crippen LogP contribution is -2.53. The second-order valence-corrected chi connectivity index (χ2v) is 11.5. The molecule has 0 saturated heterocycles. The van der Waals surface area contributed by atoms with Gasteiger partial charge in [0.1, 0.15) is 11.7 Å². The Labute approximate surface area is 232 Å². The summed E-state index contributed by atoms with van der Waals surface area (Å²) in [5, 5.41) is 6.56. The van der Waals surface area contributed by atoms with E-state index in [4.69, 9.17) is 0 Å². The Kier molecular flexibility index (Phi) is 6.09. The van der Waals surface area contributed by atoms with Crippen LogP contribution in [0.25, 0.3) is 27.8 Å². The predicted molar refractivity (Wildman–Crippen MR) is 153 cm³/mol. The predicted octanol–water partition coefficient (Wildman–Crippen LogP) is 4.31.